The Labute approximate surface area is 115 Å². The van der Waals surface area contributed by atoms with Crippen LogP contribution in [0.5, 0.6) is 0 Å². The van der Waals surface area contributed by atoms with E-state index in [4.69, 9.17) is 0 Å². The van der Waals surface area contributed by atoms with E-state index in [1.807, 2.05) is 11.8 Å². The van der Waals surface area contributed by atoms with Crippen LogP contribution in [0.1, 0.15) is 44.9 Å². The lowest BCUT2D eigenvalue weighted by Crippen LogP contribution is -2.40. The second kappa shape index (κ2) is 7.39. The van der Waals surface area contributed by atoms with Gasteiger partial charge < -0.3 is 10.2 Å². The van der Waals surface area contributed by atoms with Crippen molar-refractivity contribution in [3.8, 4) is 0 Å². The minimum absolute atomic E-state index is 0.361. The molecule has 1 aliphatic carbocycles. The predicted molar refractivity (Wildman–Crippen MR) is 78.0 cm³/mol. The highest BCUT2D eigenvalue weighted by atomic mass is 32.2. The minimum atomic E-state index is 0.361. The zero-order valence-corrected chi connectivity index (χ0v) is 12.3. The van der Waals surface area contributed by atoms with Crippen molar-refractivity contribution in [3.05, 3.63) is 0 Å². The summed E-state index contributed by atoms with van der Waals surface area (Å²) in [7, 11) is 2.05. The molecule has 2 rings (SSSR count). The molecule has 2 unspecified atom stereocenters. The zero-order valence-electron chi connectivity index (χ0n) is 11.5. The molecule has 0 bridgehead atoms. The Bertz CT molecular complexity index is 267. The number of carbonyl (C=O) groups is 1. The molecule has 1 heterocycles. The smallest absolute Gasteiger partial charge is 0.232 e. The fourth-order valence-electron chi connectivity index (χ4n) is 3.04. The molecule has 0 radical (unpaired) electrons. The Morgan fingerprint density at radius 2 is 1.89 bits per heavy atom. The molecule has 1 amide bonds. The lowest BCUT2D eigenvalue weighted by atomic mass is 9.95. The van der Waals surface area contributed by atoms with E-state index >= 15 is 0 Å². The van der Waals surface area contributed by atoms with Gasteiger partial charge in [-0.2, -0.15) is 0 Å². The van der Waals surface area contributed by atoms with Crippen molar-refractivity contribution in [2.45, 2.75) is 56.2 Å². The Kier molecular flexibility index (Phi) is 5.83. The molecule has 2 fully saturated rings. The van der Waals surface area contributed by atoms with E-state index in [0.29, 0.717) is 23.0 Å². The van der Waals surface area contributed by atoms with Gasteiger partial charge in [0.05, 0.1) is 5.75 Å². The number of hydrogen-bond acceptors (Lipinski definition) is 3. The third-order valence-electron chi connectivity index (χ3n) is 4.20. The molecule has 1 N–H and O–H groups in total. The van der Waals surface area contributed by atoms with E-state index in [9.17, 15) is 4.79 Å². The SMILES string of the molecule is CNC1CCCCC1SCC(=O)N1CCCCC1. The fourth-order valence-corrected chi connectivity index (χ4v) is 4.42. The Hall–Kier alpha value is -0.220. The Morgan fingerprint density at radius 3 is 2.61 bits per heavy atom. The highest BCUT2D eigenvalue weighted by molar-refractivity contribution is 8.00. The van der Waals surface area contributed by atoms with Gasteiger partial charge in [-0.3, -0.25) is 4.79 Å². The molecule has 4 heteroatoms. The molecule has 0 aromatic rings. The molecule has 104 valence electrons. The maximum Gasteiger partial charge on any atom is 0.232 e. The molecule has 3 nitrogen and oxygen atoms in total. The highest BCUT2D eigenvalue weighted by Crippen LogP contribution is 2.29. The normalized spacial score (nSPS) is 29.3. The van der Waals surface area contributed by atoms with Crippen LogP contribution in [0.25, 0.3) is 0 Å². The van der Waals surface area contributed by atoms with Gasteiger partial charge in [-0.15, -0.1) is 11.8 Å². The summed E-state index contributed by atoms with van der Waals surface area (Å²) in [5.41, 5.74) is 0. The predicted octanol–water partition coefficient (Wildman–Crippen LogP) is 2.26. The van der Waals surface area contributed by atoms with Crippen molar-refractivity contribution in [3.63, 3.8) is 0 Å². The van der Waals surface area contributed by atoms with Gasteiger partial charge in [-0.05, 0) is 39.2 Å². The summed E-state index contributed by atoms with van der Waals surface area (Å²) in [5.74, 6) is 1.04. The summed E-state index contributed by atoms with van der Waals surface area (Å²) in [4.78, 5) is 14.2. The number of rotatable bonds is 4. The van der Waals surface area contributed by atoms with Crippen LogP contribution < -0.4 is 5.32 Å². The van der Waals surface area contributed by atoms with E-state index in [2.05, 4.69) is 17.3 Å². The van der Waals surface area contributed by atoms with Crippen LogP contribution in [0, 0.1) is 0 Å². The first-order valence-electron chi connectivity index (χ1n) is 7.38. The molecule has 2 aliphatic rings. The maximum atomic E-state index is 12.1. The molecule has 1 saturated heterocycles. The summed E-state index contributed by atoms with van der Waals surface area (Å²) >= 11 is 1.88. The average Bonchev–Trinajstić information content (AvgIpc) is 2.46. The van der Waals surface area contributed by atoms with E-state index in [1.165, 1.54) is 44.9 Å². The first-order valence-corrected chi connectivity index (χ1v) is 8.43. The van der Waals surface area contributed by atoms with Gasteiger partial charge in [0, 0.05) is 24.4 Å². The van der Waals surface area contributed by atoms with Crippen molar-refractivity contribution in [2.24, 2.45) is 0 Å². The van der Waals surface area contributed by atoms with E-state index in [-0.39, 0.29) is 0 Å². The van der Waals surface area contributed by atoms with E-state index in [1.54, 1.807) is 0 Å². The van der Waals surface area contributed by atoms with Crippen LogP contribution in [0.15, 0.2) is 0 Å². The highest BCUT2D eigenvalue weighted by Gasteiger charge is 2.25. The minimum Gasteiger partial charge on any atom is -0.342 e. The first kappa shape index (κ1) is 14.2. The zero-order chi connectivity index (χ0) is 12.8. The molecular weight excluding hydrogens is 244 g/mol. The molecule has 0 spiro atoms. The van der Waals surface area contributed by atoms with Crippen LogP contribution in [-0.2, 0) is 4.79 Å². The van der Waals surface area contributed by atoms with Gasteiger partial charge in [-0.1, -0.05) is 12.8 Å². The molecular formula is C14H26N2OS. The van der Waals surface area contributed by atoms with Gasteiger partial charge >= 0.3 is 0 Å². The number of carbonyl (C=O) groups excluding carboxylic acids is 1. The monoisotopic (exact) mass is 270 g/mol. The van der Waals surface area contributed by atoms with Crippen LogP contribution >= 0.6 is 11.8 Å². The quantitative estimate of drug-likeness (QED) is 0.850. The van der Waals surface area contributed by atoms with Crippen molar-refractivity contribution in [1.29, 1.82) is 0 Å². The number of nitrogens with zero attached hydrogens (tertiary/aromatic N) is 1. The number of amides is 1. The summed E-state index contributed by atoms with van der Waals surface area (Å²) in [6.07, 6.45) is 8.88. The van der Waals surface area contributed by atoms with Crippen molar-refractivity contribution < 1.29 is 4.79 Å². The van der Waals surface area contributed by atoms with Gasteiger partial charge in [0.15, 0.2) is 0 Å². The molecule has 0 aromatic carbocycles. The van der Waals surface area contributed by atoms with Crippen LogP contribution in [0.4, 0.5) is 0 Å². The number of hydrogen-bond donors (Lipinski definition) is 1. The van der Waals surface area contributed by atoms with Crippen LogP contribution in [0.3, 0.4) is 0 Å². The summed E-state index contributed by atoms with van der Waals surface area (Å²) < 4.78 is 0. The lowest BCUT2D eigenvalue weighted by molar-refractivity contribution is -0.129. The molecule has 0 aromatic heterocycles. The standard InChI is InChI=1S/C14H26N2OS/c1-15-12-7-3-4-8-13(12)18-11-14(17)16-9-5-2-6-10-16/h12-13,15H,2-11H2,1H3. The molecule has 1 aliphatic heterocycles. The van der Waals surface area contributed by atoms with Gasteiger partial charge in [0.2, 0.25) is 5.91 Å². The maximum absolute atomic E-state index is 12.1. The summed E-state index contributed by atoms with van der Waals surface area (Å²) in [6.45, 7) is 1.97. The second-order valence-electron chi connectivity index (χ2n) is 5.47. The summed E-state index contributed by atoms with van der Waals surface area (Å²) in [6, 6.07) is 0.609. The fraction of sp³-hybridized carbons (Fsp3) is 0.929. The van der Waals surface area contributed by atoms with Crippen LogP contribution in [0.2, 0.25) is 0 Å². The number of thioether (sulfide) groups is 1. The number of nitrogens with one attached hydrogen (secondary N) is 1. The van der Waals surface area contributed by atoms with Crippen molar-refractivity contribution in [1.82, 2.24) is 10.2 Å². The number of likely N-dealkylation sites (tertiary alicyclic amines) is 1. The van der Waals surface area contributed by atoms with Crippen molar-refractivity contribution in [2.75, 3.05) is 25.9 Å². The van der Waals surface area contributed by atoms with Crippen LogP contribution in [-0.4, -0.2) is 48.0 Å². The summed E-state index contributed by atoms with van der Waals surface area (Å²) in [5, 5.41) is 4.05. The molecule has 18 heavy (non-hydrogen) atoms. The average molecular weight is 270 g/mol. The Balaban J connectivity index is 1.73. The molecule has 2 atom stereocenters. The van der Waals surface area contributed by atoms with Gasteiger partial charge in [0.25, 0.3) is 0 Å². The number of piperidine rings is 1. The first-order chi connectivity index (χ1) is 8.81. The third-order valence-corrected chi connectivity index (χ3v) is 5.61. The van der Waals surface area contributed by atoms with Gasteiger partial charge in [-0.25, -0.2) is 0 Å². The van der Waals surface area contributed by atoms with E-state index < -0.39 is 0 Å². The topological polar surface area (TPSA) is 32.3 Å². The molecule has 1 saturated carbocycles. The van der Waals surface area contributed by atoms with Crippen molar-refractivity contribution >= 4 is 17.7 Å². The third kappa shape index (κ3) is 3.89. The van der Waals surface area contributed by atoms with Gasteiger partial charge in [0.1, 0.15) is 0 Å². The Morgan fingerprint density at radius 1 is 1.17 bits per heavy atom. The lowest BCUT2D eigenvalue weighted by Gasteiger charge is -2.32. The van der Waals surface area contributed by atoms with E-state index in [0.717, 1.165) is 13.1 Å². The largest absolute Gasteiger partial charge is 0.342 e. The second-order valence-corrected chi connectivity index (χ2v) is 6.70.